The molecule has 2 amide bonds. The highest BCUT2D eigenvalue weighted by molar-refractivity contribution is 7.91. The van der Waals surface area contributed by atoms with Crippen molar-refractivity contribution in [1.29, 1.82) is 0 Å². The normalized spacial score (nSPS) is 26.4. The molecule has 0 saturated carbocycles. The van der Waals surface area contributed by atoms with E-state index in [9.17, 15) is 18.0 Å². The Labute approximate surface area is 178 Å². The molecule has 158 valence electrons. The molecule has 2 unspecified atom stereocenters. The van der Waals surface area contributed by atoms with Crippen molar-refractivity contribution in [3.63, 3.8) is 0 Å². The number of fused-ring (bicyclic) bond motifs is 1. The van der Waals surface area contributed by atoms with Crippen LogP contribution < -0.4 is 0 Å². The Balaban J connectivity index is 1.40. The predicted octanol–water partition coefficient (Wildman–Crippen LogP) is 2.13. The summed E-state index contributed by atoms with van der Waals surface area (Å²) in [5.74, 6) is -0.402. The van der Waals surface area contributed by atoms with E-state index in [0.717, 1.165) is 28.1 Å². The number of para-hydroxylation sites is 1. The lowest BCUT2D eigenvalue weighted by Gasteiger charge is -2.30. The van der Waals surface area contributed by atoms with Gasteiger partial charge in [0.1, 0.15) is 10.7 Å². The Bertz CT molecular complexity index is 1120. The zero-order valence-corrected chi connectivity index (χ0v) is 18.0. The summed E-state index contributed by atoms with van der Waals surface area (Å²) >= 11 is 1.61. The molecule has 0 spiro atoms. The molecule has 0 N–H and O–H groups in total. The van der Waals surface area contributed by atoms with Crippen LogP contribution in [0.3, 0.4) is 0 Å². The third kappa shape index (κ3) is 3.51. The van der Waals surface area contributed by atoms with Crippen LogP contribution in [-0.4, -0.2) is 64.9 Å². The average Bonchev–Trinajstić information content (AvgIpc) is 3.44. The van der Waals surface area contributed by atoms with Crippen molar-refractivity contribution < 1.29 is 18.0 Å². The van der Waals surface area contributed by atoms with E-state index in [1.165, 1.54) is 5.01 Å². The zero-order chi connectivity index (χ0) is 20.9. The van der Waals surface area contributed by atoms with E-state index in [1.54, 1.807) is 11.3 Å². The van der Waals surface area contributed by atoms with Gasteiger partial charge in [-0.3, -0.25) is 9.59 Å². The molecule has 0 aliphatic carbocycles. The van der Waals surface area contributed by atoms with Gasteiger partial charge in [0.2, 0.25) is 5.91 Å². The Morgan fingerprint density at radius 2 is 2.00 bits per heavy atom. The van der Waals surface area contributed by atoms with Crippen LogP contribution >= 0.6 is 11.3 Å². The van der Waals surface area contributed by atoms with E-state index in [0.29, 0.717) is 18.7 Å². The molecule has 30 heavy (non-hydrogen) atoms. The summed E-state index contributed by atoms with van der Waals surface area (Å²) in [6.07, 6.45) is 2.58. The van der Waals surface area contributed by atoms with Crippen LogP contribution in [0, 0.1) is 0 Å². The number of likely N-dealkylation sites (tertiary alicyclic amines) is 1. The van der Waals surface area contributed by atoms with E-state index in [1.807, 2.05) is 29.2 Å². The Morgan fingerprint density at radius 3 is 2.77 bits per heavy atom. The summed E-state index contributed by atoms with van der Waals surface area (Å²) in [6.45, 7) is 0.629. The van der Waals surface area contributed by atoms with Crippen molar-refractivity contribution in [3.05, 3.63) is 29.3 Å². The number of thiazole rings is 1. The molecule has 3 aliphatic rings. The van der Waals surface area contributed by atoms with E-state index < -0.39 is 15.9 Å². The van der Waals surface area contributed by atoms with Crippen molar-refractivity contribution in [1.82, 2.24) is 14.9 Å². The van der Waals surface area contributed by atoms with Gasteiger partial charge in [0.05, 0.1) is 33.8 Å². The van der Waals surface area contributed by atoms with Gasteiger partial charge in [-0.05, 0) is 31.4 Å². The van der Waals surface area contributed by atoms with Crippen molar-refractivity contribution in [3.8, 4) is 0 Å². The lowest BCUT2D eigenvalue weighted by molar-refractivity contribution is -0.134. The molecule has 2 fully saturated rings. The van der Waals surface area contributed by atoms with Crippen LogP contribution in [0.5, 0.6) is 0 Å². The Kier molecular flexibility index (Phi) is 4.85. The van der Waals surface area contributed by atoms with E-state index in [2.05, 4.69) is 5.10 Å². The topological polar surface area (TPSA) is 100 Å². The molecule has 1 aromatic heterocycles. The molecular formula is C20H22N4O4S2. The van der Waals surface area contributed by atoms with E-state index in [4.69, 9.17) is 4.98 Å². The van der Waals surface area contributed by atoms with Crippen LogP contribution in [-0.2, 0) is 19.4 Å². The van der Waals surface area contributed by atoms with Gasteiger partial charge in [-0.2, -0.15) is 5.10 Å². The molecule has 3 aliphatic heterocycles. The maximum atomic E-state index is 13.3. The Hall–Kier alpha value is -2.33. The first-order chi connectivity index (χ1) is 14.4. The highest BCUT2D eigenvalue weighted by Gasteiger charge is 2.40. The number of carbonyl (C=O) groups excluding carboxylic acids is 2. The molecule has 2 aromatic rings. The molecule has 1 aromatic carbocycles. The number of carbonyl (C=O) groups is 2. The first-order valence-corrected chi connectivity index (χ1v) is 12.8. The second-order valence-corrected chi connectivity index (χ2v) is 11.3. The minimum Gasteiger partial charge on any atom is -0.328 e. The van der Waals surface area contributed by atoms with Gasteiger partial charge < -0.3 is 4.90 Å². The molecular weight excluding hydrogens is 424 g/mol. The van der Waals surface area contributed by atoms with Gasteiger partial charge in [-0.15, -0.1) is 11.3 Å². The summed E-state index contributed by atoms with van der Waals surface area (Å²) in [6, 6.07) is 7.38. The highest BCUT2D eigenvalue weighted by Crippen LogP contribution is 2.37. The van der Waals surface area contributed by atoms with E-state index >= 15 is 0 Å². The number of amides is 2. The van der Waals surface area contributed by atoms with Crippen LogP contribution in [0.15, 0.2) is 29.4 Å². The molecule has 0 radical (unpaired) electrons. The molecule has 0 bridgehead atoms. The number of benzene rings is 1. The van der Waals surface area contributed by atoms with Gasteiger partial charge >= 0.3 is 0 Å². The summed E-state index contributed by atoms with van der Waals surface area (Å²) in [7, 11) is -3.14. The van der Waals surface area contributed by atoms with Crippen LogP contribution in [0.4, 0.5) is 0 Å². The average molecular weight is 447 g/mol. The van der Waals surface area contributed by atoms with Crippen LogP contribution in [0.2, 0.25) is 0 Å². The van der Waals surface area contributed by atoms with Crippen LogP contribution in [0.1, 0.15) is 43.2 Å². The smallest absolute Gasteiger partial charge is 0.270 e. The quantitative estimate of drug-likeness (QED) is 0.719. The van der Waals surface area contributed by atoms with E-state index in [-0.39, 0.29) is 42.2 Å². The summed E-state index contributed by atoms with van der Waals surface area (Å²) in [4.78, 5) is 32.2. The second-order valence-electron chi connectivity index (χ2n) is 8.02. The standard InChI is InChI=1S/C20H22N4O4S2/c25-18-8-7-15(22-24(18)13-9-11-30(27,28)12-13)20(26)23-10-3-5-16(23)19-21-14-4-1-2-6-17(14)29-19/h1-2,4,6,13,16H,3,5,7-12H2. The van der Waals surface area contributed by atoms with Crippen molar-refractivity contribution in [2.75, 3.05) is 18.1 Å². The fourth-order valence-electron chi connectivity index (χ4n) is 4.44. The number of aromatic nitrogens is 1. The number of hydrogen-bond acceptors (Lipinski definition) is 7. The molecule has 2 saturated heterocycles. The maximum absolute atomic E-state index is 13.3. The maximum Gasteiger partial charge on any atom is 0.270 e. The lowest BCUT2D eigenvalue weighted by Crippen LogP contribution is -2.44. The fraction of sp³-hybridized carbons (Fsp3) is 0.500. The number of sulfone groups is 1. The molecule has 5 rings (SSSR count). The second kappa shape index (κ2) is 7.42. The minimum atomic E-state index is -3.14. The predicted molar refractivity (Wildman–Crippen MR) is 114 cm³/mol. The summed E-state index contributed by atoms with van der Waals surface area (Å²) < 4.78 is 24.7. The highest BCUT2D eigenvalue weighted by atomic mass is 32.2. The molecule has 10 heteroatoms. The van der Waals surface area contributed by atoms with Crippen LogP contribution in [0.25, 0.3) is 10.2 Å². The molecule has 2 atom stereocenters. The summed E-state index contributed by atoms with van der Waals surface area (Å²) in [5.41, 5.74) is 1.28. The third-order valence-electron chi connectivity index (χ3n) is 5.97. The van der Waals surface area contributed by atoms with Gasteiger partial charge in [-0.1, -0.05) is 12.1 Å². The number of nitrogens with zero attached hydrogens (tertiary/aromatic N) is 4. The summed E-state index contributed by atoms with van der Waals surface area (Å²) in [5, 5.41) is 6.53. The first-order valence-electron chi connectivity index (χ1n) is 10.2. The lowest BCUT2D eigenvalue weighted by atomic mass is 10.1. The van der Waals surface area contributed by atoms with Crippen molar-refractivity contribution >= 4 is 48.9 Å². The van der Waals surface area contributed by atoms with Gasteiger partial charge in [0, 0.05) is 19.4 Å². The van der Waals surface area contributed by atoms with Crippen molar-refractivity contribution in [2.24, 2.45) is 5.10 Å². The van der Waals surface area contributed by atoms with Crippen molar-refractivity contribution in [2.45, 2.75) is 44.2 Å². The SMILES string of the molecule is O=C(C1=NN(C2CCS(=O)(=O)C2)C(=O)CC1)N1CCCC1c1nc2ccccc2s1. The number of rotatable bonds is 3. The monoisotopic (exact) mass is 446 g/mol. The zero-order valence-electron chi connectivity index (χ0n) is 16.4. The number of hydrazone groups is 1. The van der Waals surface area contributed by atoms with Gasteiger partial charge in [0.15, 0.2) is 9.84 Å². The molecule has 8 nitrogen and oxygen atoms in total. The first kappa shape index (κ1) is 19.6. The number of hydrogen-bond donors (Lipinski definition) is 0. The minimum absolute atomic E-state index is 0.0616. The third-order valence-corrected chi connectivity index (χ3v) is 8.86. The largest absolute Gasteiger partial charge is 0.328 e. The van der Waals surface area contributed by atoms with Gasteiger partial charge in [0.25, 0.3) is 5.91 Å². The fourth-order valence-corrected chi connectivity index (χ4v) is 7.25. The van der Waals surface area contributed by atoms with Gasteiger partial charge in [-0.25, -0.2) is 18.4 Å². The molecule has 4 heterocycles. The Morgan fingerprint density at radius 1 is 1.17 bits per heavy atom.